The van der Waals surface area contributed by atoms with Gasteiger partial charge < -0.3 is 15.6 Å². The average molecular weight is 416 g/mol. The summed E-state index contributed by atoms with van der Waals surface area (Å²) >= 11 is 1.33. The number of thioether (sulfide) groups is 1. The van der Waals surface area contributed by atoms with E-state index in [2.05, 4.69) is 5.43 Å². The molecule has 0 amide bonds. The SMILES string of the molecule is O=C(O)c1c(O)c(=O)ccn1NC1c2ccccc2SCc2c1ccc(F)c2F. The summed E-state index contributed by atoms with van der Waals surface area (Å²) in [5.41, 5.74) is 2.74. The summed E-state index contributed by atoms with van der Waals surface area (Å²) in [6.45, 7) is 0. The molecule has 148 valence electrons. The number of fused-ring (bicyclic) bond motifs is 2. The van der Waals surface area contributed by atoms with Crippen LogP contribution >= 0.6 is 11.8 Å². The zero-order valence-corrected chi connectivity index (χ0v) is 15.5. The molecule has 3 N–H and O–H groups in total. The molecule has 0 spiro atoms. The van der Waals surface area contributed by atoms with Gasteiger partial charge in [-0.25, -0.2) is 13.6 Å². The Hall–Kier alpha value is -3.33. The fourth-order valence-corrected chi connectivity index (χ4v) is 4.43. The van der Waals surface area contributed by atoms with Crippen LogP contribution in [0.25, 0.3) is 0 Å². The molecule has 1 aromatic heterocycles. The maximum Gasteiger partial charge on any atom is 0.358 e. The van der Waals surface area contributed by atoms with Crippen molar-refractivity contribution < 1.29 is 23.8 Å². The molecule has 0 bridgehead atoms. The Balaban J connectivity index is 1.93. The van der Waals surface area contributed by atoms with Crippen molar-refractivity contribution in [3.05, 3.63) is 92.9 Å². The molecule has 1 aliphatic rings. The van der Waals surface area contributed by atoms with Crippen LogP contribution in [0.3, 0.4) is 0 Å². The number of carboxylic acid groups (broad SMARTS) is 1. The summed E-state index contributed by atoms with van der Waals surface area (Å²) in [5.74, 6) is -4.18. The van der Waals surface area contributed by atoms with E-state index in [0.29, 0.717) is 5.56 Å². The van der Waals surface area contributed by atoms with Crippen molar-refractivity contribution in [2.24, 2.45) is 0 Å². The lowest BCUT2D eigenvalue weighted by Gasteiger charge is -2.25. The number of hydrogen-bond acceptors (Lipinski definition) is 5. The van der Waals surface area contributed by atoms with Gasteiger partial charge in [-0.15, -0.1) is 11.8 Å². The van der Waals surface area contributed by atoms with Crippen molar-refractivity contribution in [3.8, 4) is 5.75 Å². The van der Waals surface area contributed by atoms with Gasteiger partial charge in [0.15, 0.2) is 23.1 Å². The van der Waals surface area contributed by atoms with Crippen LogP contribution in [0.1, 0.15) is 33.2 Å². The van der Waals surface area contributed by atoms with E-state index in [0.717, 1.165) is 27.3 Å². The van der Waals surface area contributed by atoms with Gasteiger partial charge >= 0.3 is 5.97 Å². The molecule has 0 aliphatic carbocycles. The van der Waals surface area contributed by atoms with Crippen LogP contribution in [0.2, 0.25) is 0 Å². The Morgan fingerprint density at radius 3 is 2.66 bits per heavy atom. The third-order valence-corrected chi connectivity index (χ3v) is 5.81. The van der Waals surface area contributed by atoms with Gasteiger partial charge in [-0.2, -0.15) is 0 Å². The third-order valence-electron chi connectivity index (χ3n) is 4.69. The molecule has 3 aromatic rings. The number of hydrogen-bond donors (Lipinski definition) is 3. The number of nitrogens with one attached hydrogen (secondary N) is 1. The summed E-state index contributed by atoms with van der Waals surface area (Å²) in [6.07, 6.45) is 1.17. The summed E-state index contributed by atoms with van der Waals surface area (Å²) in [4.78, 5) is 24.1. The molecule has 0 saturated carbocycles. The number of aromatic nitrogens is 1. The normalized spacial score (nSPS) is 15.2. The van der Waals surface area contributed by atoms with Crippen molar-refractivity contribution in [2.45, 2.75) is 16.7 Å². The van der Waals surface area contributed by atoms with Crippen molar-refractivity contribution in [2.75, 3.05) is 5.43 Å². The number of carboxylic acids is 1. The number of nitrogens with zero attached hydrogens (tertiary/aromatic N) is 1. The fourth-order valence-electron chi connectivity index (χ4n) is 3.31. The Morgan fingerprint density at radius 2 is 1.90 bits per heavy atom. The van der Waals surface area contributed by atoms with Crippen LogP contribution in [0.4, 0.5) is 8.78 Å². The monoisotopic (exact) mass is 416 g/mol. The van der Waals surface area contributed by atoms with Gasteiger partial charge in [0.2, 0.25) is 5.43 Å². The maximum absolute atomic E-state index is 14.5. The molecule has 1 aliphatic heterocycles. The third kappa shape index (κ3) is 3.23. The highest BCUT2D eigenvalue weighted by atomic mass is 32.2. The number of halogens is 2. The Labute approximate surface area is 167 Å². The molecule has 29 heavy (non-hydrogen) atoms. The van der Waals surface area contributed by atoms with E-state index in [4.69, 9.17) is 0 Å². The molecule has 0 radical (unpaired) electrons. The van der Waals surface area contributed by atoms with Gasteiger partial charge in [-0.05, 0) is 23.3 Å². The zero-order valence-electron chi connectivity index (χ0n) is 14.7. The highest BCUT2D eigenvalue weighted by Crippen LogP contribution is 2.41. The van der Waals surface area contributed by atoms with Crippen LogP contribution in [-0.2, 0) is 5.75 Å². The van der Waals surface area contributed by atoms with Crippen molar-refractivity contribution in [1.82, 2.24) is 4.68 Å². The lowest BCUT2D eigenvalue weighted by Crippen LogP contribution is -2.28. The number of benzene rings is 2. The number of pyridine rings is 1. The molecular weight excluding hydrogens is 402 g/mol. The first-order valence-corrected chi connectivity index (χ1v) is 9.50. The molecule has 4 rings (SSSR count). The maximum atomic E-state index is 14.5. The first-order chi connectivity index (χ1) is 13.9. The minimum Gasteiger partial charge on any atom is -0.502 e. The molecule has 1 unspecified atom stereocenters. The van der Waals surface area contributed by atoms with E-state index in [1.165, 1.54) is 24.0 Å². The molecule has 0 saturated heterocycles. The topological polar surface area (TPSA) is 91.6 Å². The van der Waals surface area contributed by atoms with Crippen LogP contribution in [0.15, 0.2) is 58.4 Å². The van der Waals surface area contributed by atoms with Crippen LogP contribution in [0, 0.1) is 11.6 Å². The quantitative estimate of drug-likeness (QED) is 0.606. The van der Waals surface area contributed by atoms with Gasteiger partial charge in [0, 0.05) is 28.5 Å². The Morgan fingerprint density at radius 1 is 1.14 bits per heavy atom. The molecule has 2 aromatic carbocycles. The molecule has 2 heterocycles. The molecule has 1 atom stereocenters. The van der Waals surface area contributed by atoms with E-state index in [1.807, 2.05) is 12.1 Å². The lowest BCUT2D eigenvalue weighted by atomic mass is 9.95. The van der Waals surface area contributed by atoms with Crippen molar-refractivity contribution in [1.29, 1.82) is 0 Å². The summed E-state index contributed by atoms with van der Waals surface area (Å²) in [7, 11) is 0. The van der Waals surface area contributed by atoms with Gasteiger partial charge in [-0.1, -0.05) is 24.3 Å². The Bertz CT molecular complexity index is 1200. The van der Waals surface area contributed by atoms with Gasteiger partial charge in [0.25, 0.3) is 0 Å². The standard InChI is InChI=1S/C20H14F2N2O4S/c21-13-6-5-10-12(16(13)22)9-29-15-4-2-1-3-11(15)17(10)23-24-8-7-14(25)19(26)18(24)20(27)28/h1-8,17,23,26H,9H2,(H,27,28). The number of aromatic hydroxyl groups is 1. The van der Waals surface area contributed by atoms with E-state index < -0.39 is 40.5 Å². The van der Waals surface area contributed by atoms with Crippen molar-refractivity contribution in [3.63, 3.8) is 0 Å². The second-order valence-corrected chi connectivity index (χ2v) is 7.39. The minimum absolute atomic E-state index is 0.158. The Kier molecular flexibility index (Phi) is 4.75. The molecular formula is C20H14F2N2O4S. The second kappa shape index (κ2) is 7.25. The zero-order chi connectivity index (χ0) is 20.7. The highest BCUT2D eigenvalue weighted by Gasteiger charge is 2.29. The highest BCUT2D eigenvalue weighted by molar-refractivity contribution is 7.98. The largest absolute Gasteiger partial charge is 0.502 e. The van der Waals surface area contributed by atoms with E-state index in [1.54, 1.807) is 12.1 Å². The molecule has 6 nitrogen and oxygen atoms in total. The number of rotatable bonds is 3. The van der Waals surface area contributed by atoms with Crippen LogP contribution < -0.4 is 10.9 Å². The molecule has 0 fully saturated rings. The van der Waals surface area contributed by atoms with Crippen LogP contribution in [-0.4, -0.2) is 20.9 Å². The van der Waals surface area contributed by atoms with Crippen molar-refractivity contribution >= 4 is 17.7 Å². The van der Waals surface area contributed by atoms with E-state index in [-0.39, 0.29) is 11.3 Å². The summed E-state index contributed by atoms with van der Waals surface area (Å²) in [6, 6.07) is 9.92. The fraction of sp³-hybridized carbons (Fsp3) is 0.100. The van der Waals surface area contributed by atoms with Gasteiger partial charge in [0.05, 0.1) is 6.04 Å². The summed E-state index contributed by atoms with van der Waals surface area (Å²) in [5, 5.41) is 19.4. The smallest absolute Gasteiger partial charge is 0.358 e. The first kappa shape index (κ1) is 19.0. The second-order valence-electron chi connectivity index (χ2n) is 6.37. The summed E-state index contributed by atoms with van der Waals surface area (Å²) < 4.78 is 29.4. The number of aromatic carboxylic acids is 1. The average Bonchev–Trinajstić information content (AvgIpc) is 2.85. The minimum atomic E-state index is -1.52. The van der Waals surface area contributed by atoms with Gasteiger partial charge in [-0.3, -0.25) is 9.47 Å². The number of carbonyl (C=O) groups is 1. The van der Waals surface area contributed by atoms with Gasteiger partial charge in [0.1, 0.15) is 0 Å². The molecule has 9 heteroatoms. The lowest BCUT2D eigenvalue weighted by molar-refractivity contribution is 0.0681. The predicted molar refractivity (Wildman–Crippen MR) is 103 cm³/mol. The first-order valence-electron chi connectivity index (χ1n) is 8.51. The van der Waals surface area contributed by atoms with Crippen LogP contribution in [0.5, 0.6) is 5.75 Å². The van der Waals surface area contributed by atoms with E-state index in [9.17, 15) is 28.6 Å². The predicted octanol–water partition coefficient (Wildman–Crippen LogP) is 3.47. The van der Waals surface area contributed by atoms with E-state index >= 15 is 0 Å².